The molecule has 2 atom stereocenters. The van der Waals surface area contributed by atoms with Crippen LogP contribution in [0.2, 0.25) is 4.34 Å². The molecule has 0 saturated carbocycles. The average Bonchev–Trinajstić information content (AvgIpc) is 2.91. The molecule has 0 saturated heterocycles. The van der Waals surface area contributed by atoms with Crippen LogP contribution in [-0.4, -0.2) is 0 Å². The monoisotopic (exact) mass is 277 g/mol. The maximum absolute atomic E-state index is 6.09. The molecular formula is C15H16ClNS. The number of hydrogen-bond donors (Lipinski definition) is 1. The number of fused-ring (bicyclic) bond motifs is 1. The normalized spacial score (nSPS) is 19.8. The maximum Gasteiger partial charge on any atom is 0.0934 e. The summed E-state index contributed by atoms with van der Waals surface area (Å²) < 4.78 is 0.916. The summed E-state index contributed by atoms with van der Waals surface area (Å²) in [5.41, 5.74) is 2.75. The first-order valence-corrected chi connectivity index (χ1v) is 7.52. The summed E-state index contributed by atoms with van der Waals surface area (Å²) in [6.45, 7) is 2.22. The standard InChI is InChI=1S/C15H16ClNS/c1-10(11-5-3-2-4-6-11)17-13-7-8-14-12(13)9-15(16)18-14/h2-6,9-10,13,17H,7-8H2,1H3. The molecule has 0 amide bonds. The zero-order chi connectivity index (χ0) is 12.5. The van der Waals surface area contributed by atoms with Crippen LogP contribution in [0.25, 0.3) is 0 Å². The fourth-order valence-corrected chi connectivity index (χ4v) is 4.00. The number of aryl methyl sites for hydroxylation is 1. The Bertz CT molecular complexity index is 535. The highest BCUT2D eigenvalue weighted by Crippen LogP contribution is 2.40. The number of rotatable bonds is 3. The Balaban J connectivity index is 1.75. The molecule has 1 aliphatic rings. The van der Waals surface area contributed by atoms with E-state index in [1.165, 1.54) is 22.4 Å². The van der Waals surface area contributed by atoms with Gasteiger partial charge >= 0.3 is 0 Å². The van der Waals surface area contributed by atoms with Gasteiger partial charge in [-0.15, -0.1) is 11.3 Å². The van der Waals surface area contributed by atoms with Crippen molar-refractivity contribution in [2.24, 2.45) is 0 Å². The number of thiophene rings is 1. The van der Waals surface area contributed by atoms with Gasteiger partial charge in [-0.2, -0.15) is 0 Å². The molecule has 94 valence electrons. The van der Waals surface area contributed by atoms with Crippen LogP contribution in [0.5, 0.6) is 0 Å². The van der Waals surface area contributed by atoms with Crippen LogP contribution in [0, 0.1) is 0 Å². The van der Waals surface area contributed by atoms with Crippen LogP contribution in [0.15, 0.2) is 36.4 Å². The predicted molar refractivity (Wildman–Crippen MR) is 78.4 cm³/mol. The van der Waals surface area contributed by atoms with Crippen LogP contribution >= 0.6 is 22.9 Å². The minimum atomic E-state index is 0.376. The number of benzene rings is 1. The molecule has 1 aromatic carbocycles. The molecule has 0 fully saturated rings. The first-order chi connectivity index (χ1) is 8.74. The van der Waals surface area contributed by atoms with Gasteiger partial charge in [0.2, 0.25) is 0 Å². The Hall–Kier alpha value is -0.830. The maximum atomic E-state index is 6.09. The minimum Gasteiger partial charge on any atom is -0.303 e. The second-order valence-electron chi connectivity index (χ2n) is 4.82. The molecule has 3 rings (SSSR count). The Morgan fingerprint density at radius 2 is 2.11 bits per heavy atom. The van der Waals surface area contributed by atoms with E-state index in [-0.39, 0.29) is 0 Å². The van der Waals surface area contributed by atoms with Crippen molar-refractivity contribution in [1.29, 1.82) is 0 Å². The highest BCUT2D eigenvalue weighted by Gasteiger charge is 2.26. The lowest BCUT2D eigenvalue weighted by Crippen LogP contribution is -2.22. The van der Waals surface area contributed by atoms with Gasteiger partial charge in [0.1, 0.15) is 0 Å². The van der Waals surface area contributed by atoms with Crippen molar-refractivity contribution < 1.29 is 0 Å². The van der Waals surface area contributed by atoms with Crippen LogP contribution in [0.3, 0.4) is 0 Å². The fraction of sp³-hybridized carbons (Fsp3) is 0.333. The number of nitrogens with one attached hydrogen (secondary N) is 1. The molecule has 1 heterocycles. The van der Waals surface area contributed by atoms with Crippen molar-refractivity contribution in [3.63, 3.8) is 0 Å². The van der Waals surface area contributed by atoms with E-state index < -0.39 is 0 Å². The lowest BCUT2D eigenvalue weighted by molar-refractivity contribution is 0.465. The largest absolute Gasteiger partial charge is 0.303 e. The third-order valence-corrected chi connectivity index (χ3v) is 4.94. The van der Waals surface area contributed by atoms with Gasteiger partial charge in [0, 0.05) is 17.0 Å². The lowest BCUT2D eigenvalue weighted by atomic mass is 10.1. The topological polar surface area (TPSA) is 12.0 Å². The summed E-state index contributed by atoms with van der Waals surface area (Å²) >= 11 is 7.82. The van der Waals surface area contributed by atoms with Crippen LogP contribution in [0.1, 0.15) is 41.4 Å². The van der Waals surface area contributed by atoms with Crippen molar-refractivity contribution >= 4 is 22.9 Å². The fourth-order valence-electron chi connectivity index (χ4n) is 2.64. The number of hydrogen-bond acceptors (Lipinski definition) is 2. The summed E-state index contributed by atoms with van der Waals surface area (Å²) in [5, 5.41) is 3.71. The molecule has 18 heavy (non-hydrogen) atoms. The molecule has 1 aliphatic carbocycles. The summed E-state index contributed by atoms with van der Waals surface area (Å²) in [6, 6.07) is 13.6. The molecule has 1 nitrogen and oxygen atoms in total. The summed E-state index contributed by atoms with van der Waals surface area (Å²) in [4.78, 5) is 1.46. The Morgan fingerprint density at radius 1 is 1.33 bits per heavy atom. The second kappa shape index (κ2) is 5.04. The van der Waals surface area contributed by atoms with E-state index >= 15 is 0 Å². The van der Waals surface area contributed by atoms with Crippen molar-refractivity contribution in [1.82, 2.24) is 5.32 Å². The quantitative estimate of drug-likeness (QED) is 0.854. The van der Waals surface area contributed by atoms with E-state index in [2.05, 4.69) is 48.6 Å². The van der Waals surface area contributed by atoms with Crippen LogP contribution in [0.4, 0.5) is 0 Å². The molecule has 1 aromatic heterocycles. The Kier molecular flexibility index (Phi) is 3.42. The first-order valence-electron chi connectivity index (χ1n) is 6.33. The molecule has 0 bridgehead atoms. The zero-order valence-corrected chi connectivity index (χ0v) is 11.9. The summed E-state index contributed by atoms with van der Waals surface area (Å²) in [7, 11) is 0. The van der Waals surface area contributed by atoms with Gasteiger partial charge in [0.15, 0.2) is 0 Å². The third kappa shape index (κ3) is 2.33. The molecule has 0 spiro atoms. The lowest BCUT2D eigenvalue weighted by Gasteiger charge is -2.20. The van der Waals surface area contributed by atoms with E-state index in [9.17, 15) is 0 Å². The van der Waals surface area contributed by atoms with Crippen molar-refractivity contribution in [2.45, 2.75) is 31.8 Å². The zero-order valence-electron chi connectivity index (χ0n) is 10.3. The van der Waals surface area contributed by atoms with Gasteiger partial charge in [-0.25, -0.2) is 0 Å². The molecular weight excluding hydrogens is 262 g/mol. The molecule has 1 N–H and O–H groups in total. The van der Waals surface area contributed by atoms with Gasteiger partial charge < -0.3 is 5.32 Å². The van der Waals surface area contributed by atoms with Crippen molar-refractivity contribution in [3.8, 4) is 0 Å². The van der Waals surface area contributed by atoms with E-state index in [1.807, 2.05) is 0 Å². The van der Waals surface area contributed by atoms with Gasteiger partial charge in [-0.3, -0.25) is 0 Å². The Labute approximate surface area is 117 Å². The van der Waals surface area contributed by atoms with Gasteiger partial charge in [-0.05, 0) is 37.0 Å². The van der Waals surface area contributed by atoms with Gasteiger partial charge in [0.25, 0.3) is 0 Å². The second-order valence-corrected chi connectivity index (χ2v) is 6.59. The summed E-state index contributed by atoms with van der Waals surface area (Å²) in [5.74, 6) is 0. The SMILES string of the molecule is CC(NC1CCc2sc(Cl)cc21)c1ccccc1. The molecule has 3 heteroatoms. The van der Waals surface area contributed by atoms with E-state index in [0.717, 1.165) is 10.8 Å². The smallest absolute Gasteiger partial charge is 0.0934 e. The van der Waals surface area contributed by atoms with Crippen molar-refractivity contribution in [3.05, 3.63) is 56.7 Å². The molecule has 2 unspecified atom stereocenters. The molecule has 0 radical (unpaired) electrons. The number of halogens is 1. The average molecular weight is 278 g/mol. The molecule has 2 aromatic rings. The van der Waals surface area contributed by atoms with Crippen LogP contribution in [-0.2, 0) is 6.42 Å². The van der Waals surface area contributed by atoms with E-state index in [4.69, 9.17) is 11.6 Å². The van der Waals surface area contributed by atoms with E-state index in [1.54, 1.807) is 11.3 Å². The van der Waals surface area contributed by atoms with E-state index in [0.29, 0.717) is 12.1 Å². The van der Waals surface area contributed by atoms with Gasteiger partial charge in [-0.1, -0.05) is 41.9 Å². The van der Waals surface area contributed by atoms with Crippen LogP contribution < -0.4 is 5.32 Å². The minimum absolute atomic E-state index is 0.376. The first kappa shape index (κ1) is 12.2. The Morgan fingerprint density at radius 3 is 2.89 bits per heavy atom. The molecule has 0 aliphatic heterocycles. The third-order valence-electron chi connectivity index (χ3n) is 3.60. The highest BCUT2D eigenvalue weighted by molar-refractivity contribution is 7.16. The highest BCUT2D eigenvalue weighted by atomic mass is 35.5. The van der Waals surface area contributed by atoms with Crippen molar-refractivity contribution in [2.75, 3.05) is 0 Å². The summed E-state index contributed by atoms with van der Waals surface area (Å²) in [6.07, 6.45) is 2.35. The van der Waals surface area contributed by atoms with Gasteiger partial charge in [0.05, 0.1) is 4.34 Å². The predicted octanol–water partition coefficient (Wildman–Crippen LogP) is 4.74.